The van der Waals surface area contributed by atoms with Gasteiger partial charge in [-0.15, -0.1) is 0 Å². The van der Waals surface area contributed by atoms with Crippen LogP contribution < -0.4 is 5.73 Å². The highest BCUT2D eigenvalue weighted by atomic mass is 19.4. The fourth-order valence-corrected chi connectivity index (χ4v) is 1.60. The molecule has 0 heterocycles. The molecule has 1 aromatic rings. The molecule has 100 valence electrons. The lowest BCUT2D eigenvalue weighted by atomic mass is 10.1. The summed E-state index contributed by atoms with van der Waals surface area (Å²) in [6.45, 7) is 1.86. The second-order valence-corrected chi connectivity index (χ2v) is 3.95. The van der Waals surface area contributed by atoms with Crippen LogP contribution in [0.5, 0.6) is 0 Å². The third-order valence-corrected chi connectivity index (χ3v) is 2.65. The number of nitrogens with two attached hydrogens (primary N) is 1. The van der Waals surface area contributed by atoms with Crippen LogP contribution in [0.3, 0.4) is 0 Å². The van der Waals surface area contributed by atoms with Crippen molar-refractivity contribution < 1.29 is 18.0 Å². The van der Waals surface area contributed by atoms with Crippen molar-refractivity contribution in [1.29, 1.82) is 0 Å². The molecule has 0 saturated carbocycles. The summed E-state index contributed by atoms with van der Waals surface area (Å²) < 4.78 is 37.0. The fraction of sp³-hybridized carbons (Fsp3) is 0.417. The van der Waals surface area contributed by atoms with Crippen LogP contribution in [0, 0.1) is 6.92 Å². The Bertz CT molecular complexity index is 443. The second-order valence-electron chi connectivity index (χ2n) is 3.95. The van der Waals surface area contributed by atoms with Crippen molar-refractivity contribution in [2.45, 2.75) is 20.0 Å². The predicted octanol–water partition coefficient (Wildman–Crippen LogP) is 2.60. The molecule has 0 saturated heterocycles. The van der Waals surface area contributed by atoms with Gasteiger partial charge in [-0.05, 0) is 31.5 Å². The minimum Gasteiger partial charge on any atom is -0.398 e. The zero-order valence-electron chi connectivity index (χ0n) is 10.2. The Hall–Kier alpha value is -1.72. The predicted molar refractivity (Wildman–Crippen MR) is 63.2 cm³/mol. The molecule has 0 aliphatic carbocycles. The summed E-state index contributed by atoms with van der Waals surface area (Å²) in [5, 5.41) is 0. The second kappa shape index (κ2) is 5.29. The zero-order valence-corrected chi connectivity index (χ0v) is 10.2. The smallest absolute Gasteiger partial charge is 0.398 e. The van der Waals surface area contributed by atoms with Gasteiger partial charge in [0.15, 0.2) is 0 Å². The summed E-state index contributed by atoms with van der Waals surface area (Å²) >= 11 is 0. The SMILES string of the molecule is CCN(CC(F)(F)F)C(=O)c1cccc(N)c1C. The van der Waals surface area contributed by atoms with E-state index in [4.69, 9.17) is 5.73 Å². The van der Waals surface area contributed by atoms with Gasteiger partial charge in [-0.3, -0.25) is 4.79 Å². The number of halogens is 3. The molecule has 0 aliphatic rings. The summed E-state index contributed by atoms with van der Waals surface area (Å²) in [6, 6.07) is 4.64. The third-order valence-electron chi connectivity index (χ3n) is 2.65. The number of benzene rings is 1. The number of carbonyl (C=O) groups excluding carboxylic acids is 1. The van der Waals surface area contributed by atoms with Crippen LogP contribution in [0.2, 0.25) is 0 Å². The van der Waals surface area contributed by atoms with E-state index in [-0.39, 0.29) is 12.1 Å². The van der Waals surface area contributed by atoms with E-state index in [1.165, 1.54) is 13.0 Å². The van der Waals surface area contributed by atoms with E-state index in [1.54, 1.807) is 19.1 Å². The summed E-state index contributed by atoms with van der Waals surface area (Å²) in [7, 11) is 0. The molecule has 1 aromatic carbocycles. The van der Waals surface area contributed by atoms with Gasteiger partial charge in [-0.2, -0.15) is 13.2 Å². The summed E-state index contributed by atoms with van der Waals surface area (Å²) in [5.41, 5.74) is 6.74. The molecule has 0 unspecified atom stereocenters. The lowest BCUT2D eigenvalue weighted by Gasteiger charge is -2.23. The Kier molecular flexibility index (Phi) is 4.21. The van der Waals surface area contributed by atoms with Crippen molar-refractivity contribution in [1.82, 2.24) is 4.90 Å². The largest absolute Gasteiger partial charge is 0.406 e. The molecule has 0 radical (unpaired) electrons. The zero-order chi connectivity index (χ0) is 13.9. The number of amides is 1. The summed E-state index contributed by atoms with van der Waals surface area (Å²) in [5.74, 6) is -0.653. The quantitative estimate of drug-likeness (QED) is 0.849. The highest BCUT2D eigenvalue weighted by Gasteiger charge is 2.33. The molecular weight excluding hydrogens is 245 g/mol. The Labute approximate surface area is 103 Å². The molecule has 0 aliphatic heterocycles. The Morgan fingerprint density at radius 3 is 2.50 bits per heavy atom. The van der Waals surface area contributed by atoms with Crippen molar-refractivity contribution in [2.24, 2.45) is 0 Å². The van der Waals surface area contributed by atoms with Gasteiger partial charge >= 0.3 is 6.18 Å². The van der Waals surface area contributed by atoms with E-state index >= 15 is 0 Å². The van der Waals surface area contributed by atoms with Gasteiger partial charge in [0.25, 0.3) is 5.91 Å². The molecule has 1 rings (SSSR count). The molecule has 0 bridgehead atoms. The average Bonchev–Trinajstić information content (AvgIpc) is 2.27. The van der Waals surface area contributed by atoms with Crippen LogP contribution in [0.1, 0.15) is 22.8 Å². The van der Waals surface area contributed by atoms with Gasteiger partial charge in [0, 0.05) is 17.8 Å². The minimum absolute atomic E-state index is 0.00736. The molecule has 18 heavy (non-hydrogen) atoms. The minimum atomic E-state index is -4.40. The summed E-state index contributed by atoms with van der Waals surface area (Å²) in [4.78, 5) is 12.7. The molecule has 6 heteroatoms. The summed E-state index contributed by atoms with van der Waals surface area (Å²) in [6.07, 6.45) is -4.40. The average molecular weight is 260 g/mol. The van der Waals surface area contributed by atoms with Crippen molar-refractivity contribution in [3.8, 4) is 0 Å². The maximum atomic E-state index is 12.3. The highest BCUT2D eigenvalue weighted by molar-refractivity contribution is 5.96. The lowest BCUT2D eigenvalue weighted by Crippen LogP contribution is -2.39. The molecule has 0 aromatic heterocycles. The number of nitrogen functional groups attached to an aromatic ring is 1. The fourth-order valence-electron chi connectivity index (χ4n) is 1.60. The molecule has 1 amide bonds. The van der Waals surface area contributed by atoms with Crippen molar-refractivity contribution >= 4 is 11.6 Å². The van der Waals surface area contributed by atoms with Gasteiger partial charge in [-0.25, -0.2) is 0 Å². The van der Waals surface area contributed by atoms with Crippen molar-refractivity contribution in [2.75, 3.05) is 18.8 Å². The number of hydrogen-bond acceptors (Lipinski definition) is 2. The van der Waals surface area contributed by atoms with Crippen LogP contribution in [0.4, 0.5) is 18.9 Å². The van der Waals surface area contributed by atoms with Gasteiger partial charge in [0.05, 0.1) is 0 Å². The van der Waals surface area contributed by atoms with E-state index in [0.717, 1.165) is 4.90 Å². The number of alkyl halides is 3. The molecule has 0 fully saturated rings. The van der Waals surface area contributed by atoms with Gasteiger partial charge in [-0.1, -0.05) is 6.07 Å². The van der Waals surface area contributed by atoms with Crippen LogP contribution in [0.25, 0.3) is 0 Å². The van der Waals surface area contributed by atoms with Crippen molar-refractivity contribution in [3.05, 3.63) is 29.3 Å². The number of rotatable bonds is 3. The van der Waals surface area contributed by atoms with E-state index in [2.05, 4.69) is 0 Å². The molecule has 2 N–H and O–H groups in total. The first-order valence-corrected chi connectivity index (χ1v) is 5.47. The van der Waals surface area contributed by atoms with E-state index in [9.17, 15) is 18.0 Å². The number of anilines is 1. The van der Waals surface area contributed by atoms with Gasteiger partial charge in [0.1, 0.15) is 6.54 Å². The van der Waals surface area contributed by atoms with Crippen LogP contribution in [0.15, 0.2) is 18.2 Å². The normalized spacial score (nSPS) is 11.4. The third kappa shape index (κ3) is 3.38. The lowest BCUT2D eigenvalue weighted by molar-refractivity contribution is -0.140. The van der Waals surface area contributed by atoms with E-state index in [0.29, 0.717) is 11.3 Å². The molecule has 0 spiro atoms. The van der Waals surface area contributed by atoms with Crippen LogP contribution in [-0.2, 0) is 0 Å². The maximum absolute atomic E-state index is 12.3. The molecule has 3 nitrogen and oxygen atoms in total. The first kappa shape index (κ1) is 14.3. The van der Waals surface area contributed by atoms with Gasteiger partial charge < -0.3 is 10.6 Å². The van der Waals surface area contributed by atoms with E-state index < -0.39 is 18.6 Å². The van der Waals surface area contributed by atoms with Crippen LogP contribution >= 0.6 is 0 Å². The Morgan fingerprint density at radius 2 is 2.00 bits per heavy atom. The van der Waals surface area contributed by atoms with E-state index in [1.807, 2.05) is 0 Å². The molecule has 0 atom stereocenters. The topological polar surface area (TPSA) is 46.3 Å². The standard InChI is InChI=1S/C12H15F3N2O/c1-3-17(7-12(13,14)15)11(18)9-5-4-6-10(16)8(9)2/h4-6H,3,7,16H2,1-2H3. The maximum Gasteiger partial charge on any atom is 0.406 e. The van der Waals surface area contributed by atoms with Crippen molar-refractivity contribution in [3.63, 3.8) is 0 Å². The highest BCUT2D eigenvalue weighted by Crippen LogP contribution is 2.21. The number of hydrogen-bond donors (Lipinski definition) is 1. The van der Waals surface area contributed by atoms with Crippen LogP contribution in [-0.4, -0.2) is 30.1 Å². The number of carbonyl (C=O) groups is 1. The molecular formula is C12H15F3N2O. The monoisotopic (exact) mass is 260 g/mol. The Morgan fingerprint density at radius 1 is 1.39 bits per heavy atom. The number of nitrogens with zero attached hydrogens (tertiary/aromatic N) is 1. The van der Waals surface area contributed by atoms with Gasteiger partial charge in [0.2, 0.25) is 0 Å². The Balaban J connectivity index is 3.01. The first-order chi connectivity index (χ1) is 8.26. The first-order valence-electron chi connectivity index (χ1n) is 5.47.